The van der Waals surface area contributed by atoms with Crippen molar-refractivity contribution in [1.29, 1.82) is 0 Å². The van der Waals surface area contributed by atoms with E-state index in [1.165, 1.54) is 0 Å². The summed E-state index contributed by atoms with van der Waals surface area (Å²) in [6.07, 6.45) is 0. The zero-order valence-corrected chi connectivity index (χ0v) is 5.03. The molecule has 0 aliphatic heterocycles. The van der Waals surface area contributed by atoms with Crippen LogP contribution in [0.25, 0.3) is 11.2 Å². The summed E-state index contributed by atoms with van der Waals surface area (Å²) in [7, 11) is 0. The van der Waals surface area contributed by atoms with E-state index in [0.717, 1.165) is 0 Å². The second-order valence-corrected chi connectivity index (χ2v) is 1.90. The van der Waals surface area contributed by atoms with Gasteiger partial charge >= 0.3 is 5.82 Å². The molecular formula is C7H4O3. The second-order valence-electron chi connectivity index (χ2n) is 1.90. The van der Waals surface area contributed by atoms with Crippen molar-refractivity contribution in [3.63, 3.8) is 0 Å². The Labute approximate surface area is 55.9 Å². The fraction of sp³-hybridized carbons (Fsp3) is 0. The summed E-state index contributed by atoms with van der Waals surface area (Å²) in [5, 5.41) is 0. The third-order valence-electron chi connectivity index (χ3n) is 1.24. The third-order valence-corrected chi connectivity index (χ3v) is 1.24. The first-order valence-corrected chi connectivity index (χ1v) is 2.85. The van der Waals surface area contributed by atoms with Gasteiger partial charge in [-0.25, -0.2) is 4.79 Å². The van der Waals surface area contributed by atoms with Crippen LogP contribution in [-0.2, 0) is 0 Å². The molecule has 0 unspecified atom stereocenters. The van der Waals surface area contributed by atoms with Crippen molar-refractivity contribution in [2.45, 2.75) is 0 Å². The van der Waals surface area contributed by atoms with Crippen LogP contribution in [-0.4, -0.2) is 0 Å². The van der Waals surface area contributed by atoms with Crippen molar-refractivity contribution in [2.24, 2.45) is 0 Å². The largest absolute Gasteiger partial charge is 0.519 e. The Balaban J connectivity index is 3.01. The zero-order valence-electron chi connectivity index (χ0n) is 5.03. The lowest BCUT2D eigenvalue weighted by Gasteiger charge is -1.77. The fourth-order valence-corrected chi connectivity index (χ4v) is 0.819. The molecule has 0 amide bonds. The molecule has 3 nitrogen and oxygen atoms in total. The highest BCUT2D eigenvalue weighted by Gasteiger charge is 1.98. The quantitative estimate of drug-likeness (QED) is 0.549. The summed E-state index contributed by atoms with van der Waals surface area (Å²) in [4.78, 5) is 10.5. The van der Waals surface area contributed by atoms with Crippen molar-refractivity contribution in [1.82, 2.24) is 0 Å². The average molecular weight is 136 g/mol. The van der Waals surface area contributed by atoms with Crippen LogP contribution < -0.4 is 5.82 Å². The van der Waals surface area contributed by atoms with E-state index in [0.29, 0.717) is 11.2 Å². The summed E-state index contributed by atoms with van der Waals surface area (Å²) in [5.74, 6) is -0.652. The summed E-state index contributed by atoms with van der Waals surface area (Å²) >= 11 is 0. The lowest BCUT2D eigenvalue weighted by atomic mass is 10.3. The molecular weight excluding hydrogens is 132 g/mol. The Morgan fingerprint density at radius 1 is 1.00 bits per heavy atom. The summed E-state index contributed by atoms with van der Waals surface area (Å²) in [5.41, 5.74) is 0.986. The summed E-state index contributed by atoms with van der Waals surface area (Å²) in [6, 6.07) is 6.92. The molecule has 0 saturated carbocycles. The van der Waals surface area contributed by atoms with Crippen LogP contribution in [0.5, 0.6) is 0 Å². The van der Waals surface area contributed by atoms with Crippen LogP contribution in [0.2, 0.25) is 0 Å². The van der Waals surface area contributed by atoms with Crippen molar-refractivity contribution < 1.29 is 8.83 Å². The fourth-order valence-electron chi connectivity index (χ4n) is 0.819. The first-order chi connectivity index (χ1) is 4.86. The number of benzene rings is 1. The molecule has 1 heterocycles. The van der Waals surface area contributed by atoms with Crippen LogP contribution in [0.1, 0.15) is 0 Å². The molecule has 0 saturated heterocycles. The van der Waals surface area contributed by atoms with Gasteiger partial charge in [0, 0.05) is 0 Å². The maximum Gasteiger partial charge on any atom is 0.519 e. The molecule has 3 heteroatoms. The number of para-hydroxylation sites is 2. The maximum atomic E-state index is 10.5. The first kappa shape index (κ1) is 5.29. The molecule has 0 aliphatic rings. The van der Waals surface area contributed by atoms with Crippen molar-refractivity contribution in [2.75, 3.05) is 0 Å². The van der Waals surface area contributed by atoms with Crippen LogP contribution >= 0.6 is 0 Å². The highest BCUT2D eigenvalue weighted by Crippen LogP contribution is 2.09. The highest BCUT2D eigenvalue weighted by molar-refractivity contribution is 5.68. The third kappa shape index (κ3) is 0.639. The maximum absolute atomic E-state index is 10.5. The van der Waals surface area contributed by atoms with Gasteiger partial charge in [0.15, 0.2) is 11.2 Å². The topological polar surface area (TPSA) is 43.4 Å². The van der Waals surface area contributed by atoms with Crippen molar-refractivity contribution in [3.8, 4) is 0 Å². The van der Waals surface area contributed by atoms with E-state index >= 15 is 0 Å². The Bertz CT molecular complexity index is 360. The smallest absolute Gasteiger partial charge is 0.391 e. The zero-order chi connectivity index (χ0) is 6.97. The van der Waals surface area contributed by atoms with Gasteiger partial charge in [0.1, 0.15) is 0 Å². The summed E-state index contributed by atoms with van der Waals surface area (Å²) < 4.78 is 9.29. The Morgan fingerprint density at radius 3 is 2.00 bits per heavy atom. The Hall–Kier alpha value is -1.51. The molecule has 1 aromatic heterocycles. The van der Waals surface area contributed by atoms with E-state index in [-0.39, 0.29) is 0 Å². The summed E-state index contributed by atoms with van der Waals surface area (Å²) in [6.45, 7) is 0. The van der Waals surface area contributed by atoms with E-state index in [2.05, 4.69) is 8.83 Å². The van der Waals surface area contributed by atoms with E-state index in [9.17, 15) is 4.79 Å². The van der Waals surface area contributed by atoms with Gasteiger partial charge in [-0.15, -0.1) is 0 Å². The second kappa shape index (κ2) is 1.73. The van der Waals surface area contributed by atoms with Gasteiger partial charge in [-0.1, -0.05) is 12.1 Å². The number of hydrogen-bond donors (Lipinski definition) is 0. The monoisotopic (exact) mass is 136 g/mol. The number of rotatable bonds is 0. The van der Waals surface area contributed by atoms with Gasteiger partial charge in [-0.3, -0.25) is 0 Å². The minimum absolute atomic E-state index is 0.493. The lowest BCUT2D eigenvalue weighted by Crippen LogP contribution is -1.84. The van der Waals surface area contributed by atoms with Gasteiger partial charge in [0.2, 0.25) is 0 Å². The molecule has 2 aromatic rings. The molecule has 1 aromatic carbocycles. The predicted molar refractivity (Wildman–Crippen MR) is 34.8 cm³/mol. The van der Waals surface area contributed by atoms with Crippen LogP contribution in [0, 0.1) is 0 Å². The van der Waals surface area contributed by atoms with Gasteiger partial charge in [-0.05, 0) is 12.1 Å². The van der Waals surface area contributed by atoms with Gasteiger partial charge < -0.3 is 8.83 Å². The standard InChI is InChI=1S/C7H4O3/c8-7-9-5-3-1-2-4-6(5)10-7/h1-4H. The minimum atomic E-state index is -0.652. The molecule has 0 N–H and O–H groups in total. The van der Waals surface area contributed by atoms with Crippen LogP contribution in [0.3, 0.4) is 0 Å². The molecule has 0 fully saturated rings. The number of hydrogen-bond acceptors (Lipinski definition) is 3. The average Bonchev–Trinajstić information content (AvgIpc) is 2.27. The molecule has 0 spiro atoms. The van der Waals surface area contributed by atoms with Gasteiger partial charge in [0.05, 0.1) is 0 Å². The minimum Gasteiger partial charge on any atom is -0.391 e. The van der Waals surface area contributed by atoms with E-state index in [1.807, 2.05) is 0 Å². The molecule has 0 bridgehead atoms. The van der Waals surface area contributed by atoms with Crippen molar-refractivity contribution >= 4 is 11.2 Å². The SMILES string of the molecule is O=c1oc2ccccc2o1. The number of fused-ring (bicyclic) bond motifs is 1. The van der Waals surface area contributed by atoms with Crippen LogP contribution in [0.15, 0.2) is 37.9 Å². The lowest BCUT2D eigenvalue weighted by molar-refractivity contribution is 0.409. The molecule has 10 heavy (non-hydrogen) atoms. The predicted octanol–water partition coefficient (Wildman–Crippen LogP) is 1.39. The van der Waals surface area contributed by atoms with Crippen LogP contribution in [0.4, 0.5) is 0 Å². The molecule has 0 radical (unpaired) electrons. The molecule has 2 rings (SSSR count). The first-order valence-electron chi connectivity index (χ1n) is 2.85. The van der Waals surface area contributed by atoms with Crippen molar-refractivity contribution in [3.05, 3.63) is 34.9 Å². The molecule has 0 atom stereocenters. The normalized spacial score (nSPS) is 10.4. The Morgan fingerprint density at radius 2 is 1.50 bits per heavy atom. The highest BCUT2D eigenvalue weighted by atomic mass is 16.6. The van der Waals surface area contributed by atoms with E-state index in [1.54, 1.807) is 24.3 Å². The Kier molecular flexibility index (Phi) is 0.917. The molecule has 50 valence electrons. The van der Waals surface area contributed by atoms with Gasteiger partial charge in [0.25, 0.3) is 0 Å². The van der Waals surface area contributed by atoms with E-state index in [4.69, 9.17) is 0 Å². The molecule has 0 aliphatic carbocycles. The van der Waals surface area contributed by atoms with Gasteiger partial charge in [-0.2, -0.15) is 0 Å². The van der Waals surface area contributed by atoms with E-state index < -0.39 is 5.82 Å².